The monoisotopic (exact) mass is 265 g/mol. The Morgan fingerprint density at radius 1 is 1.00 bits per heavy atom. The van der Waals surface area contributed by atoms with Crippen LogP contribution >= 0.6 is 0 Å². The van der Waals surface area contributed by atoms with Crippen molar-refractivity contribution in [2.45, 2.75) is 44.6 Å². The van der Waals surface area contributed by atoms with Crippen molar-refractivity contribution in [3.05, 3.63) is 58.9 Å². The molecule has 2 aliphatic carbocycles. The molecule has 0 saturated carbocycles. The summed E-state index contributed by atoms with van der Waals surface area (Å²) in [7, 11) is 0. The quantitative estimate of drug-likeness (QED) is 0.765. The van der Waals surface area contributed by atoms with Gasteiger partial charge in [0.05, 0.1) is 6.04 Å². The van der Waals surface area contributed by atoms with Crippen molar-refractivity contribution >= 4 is 5.78 Å². The van der Waals surface area contributed by atoms with Crippen molar-refractivity contribution in [1.29, 1.82) is 0 Å². The molecule has 1 aromatic heterocycles. The molecule has 0 spiro atoms. The van der Waals surface area contributed by atoms with Gasteiger partial charge in [0.1, 0.15) is 0 Å². The molecule has 1 aromatic carbocycles. The highest BCUT2D eigenvalue weighted by molar-refractivity contribution is 5.98. The predicted molar refractivity (Wildman–Crippen MR) is 79.2 cm³/mol. The number of benzene rings is 1. The zero-order valence-corrected chi connectivity index (χ0v) is 11.6. The molecule has 0 aliphatic heterocycles. The van der Waals surface area contributed by atoms with Crippen LogP contribution in [0.5, 0.6) is 0 Å². The van der Waals surface area contributed by atoms with E-state index in [-0.39, 0.29) is 0 Å². The maximum atomic E-state index is 12.0. The van der Waals surface area contributed by atoms with Crippen LogP contribution in [0.1, 0.15) is 58.9 Å². The Balaban J connectivity index is 1.82. The lowest BCUT2D eigenvalue weighted by Gasteiger charge is -2.29. The van der Waals surface area contributed by atoms with E-state index in [1.165, 1.54) is 36.1 Å². The van der Waals surface area contributed by atoms with Gasteiger partial charge in [0.2, 0.25) is 0 Å². The number of carbonyl (C=O) groups excluding carboxylic acids is 1. The molecule has 102 valence electrons. The van der Waals surface area contributed by atoms with Crippen LogP contribution in [0.25, 0.3) is 0 Å². The van der Waals surface area contributed by atoms with Gasteiger partial charge in [-0.3, -0.25) is 4.79 Å². The lowest BCUT2D eigenvalue weighted by Crippen LogP contribution is -2.21. The topological polar surface area (TPSA) is 22.0 Å². The van der Waals surface area contributed by atoms with Gasteiger partial charge in [-0.2, -0.15) is 0 Å². The fourth-order valence-electron chi connectivity index (χ4n) is 3.86. The number of nitrogens with zero attached hydrogens (tertiary/aromatic N) is 1. The van der Waals surface area contributed by atoms with Crippen molar-refractivity contribution < 1.29 is 4.79 Å². The maximum Gasteiger partial charge on any atom is 0.164 e. The van der Waals surface area contributed by atoms with Gasteiger partial charge in [0.15, 0.2) is 5.78 Å². The molecule has 0 radical (unpaired) electrons. The first-order valence-corrected chi connectivity index (χ1v) is 7.65. The minimum absolute atomic E-state index is 0.328. The highest BCUT2D eigenvalue weighted by Crippen LogP contribution is 2.36. The van der Waals surface area contributed by atoms with E-state index in [1.54, 1.807) is 0 Å². The maximum absolute atomic E-state index is 12.0. The summed E-state index contributed by atoms with van der Waals surface area (Å²) >= 11 is 0. The molecule has 2 heteroatoms. The number of Topliss-reactive ketones (excluding diaryl/α,β-unsaturated/α-hetero) is 1. The van der Waals surface area contributed by atoms with Crippen molar-refractivity contribution in [3.63, 3.8) is 0 Å². The molecule has 0 saturated heterocycles. The van der Waals surface area contributed by atoms with Crippen LogP contribution in [0, 0.1) is 0 Å². The highest BCUT2D eigenvalue weighted by Gasteiger charge is 2.27. The average molecular weight is 265 g/mol. The van der Waals surface area contributed by atoms with Crippen molar-refractivity contribution in [2.24, 2.45) is 0 Å². The number of ketones is 1. The van der Waals surface area contributed by atoms with Crippen LogP contribution in [-0.2, 0) is 12.8 Å². The Hall–Kier alpha value is -1.83. The molecule has 4 rings (SSSR count). The summed E-state index contributed by atoms with van der Waals surface area (Å²) in [6.45, 7) is 0. The van der Waals surface area contributed by atoms with Gasteiger partial charge >= 0.3 is 0 Å². The number of aromatic nitrogens is 1. The summed E-state index contributed by atoms with van der Waals surface area (Å²) in [5.41, 5.74) is 5.17. The zero-order chi connectivity index (χ0) is 13.5. The molecule has 1 heterocycles. The molecule has 0 bridgehead atoms. The van der Waals surface area contributed by atoms with E-state index in [2.05, 4.69) is 35.0 Å². The van der Waals surface area contributed by atoms with Gasteiger partial charge in [0, 0.05) is 23.9 Å². The predicted octanol–water partition coefficient (Wildman–Crippen LogP) is 3.93. The van der Waals surface area contributed by atoms with Crippen LogP contribution in [0.2, 0.25) is 0 Å². The van der Waals surface area contributed by atoms with Gasteiger partial charge in [-0.15, -0.1) is 0 Å². The van der Waals surface area contributed by atoms with Crippen LogP contribution in [-0.4, -0.2) is 10.4 Å². The average Bonchev–Trinajstić information content (AvgIpc) is 2.92. The fraction of sp³-hybridized carbons (Fsp3) is 0.389. The first kappa shape index (κ1) is 12.0. The largest absolute Gasteiger partial charge is 0.343 e. The second-order valence-electron chi connectivity index (χ2n) is 5.97. The molecule has 0 N–H and O–H groups in total. The Morgan fingerprint density at radius 2 is 1.90 bits per heavy atom. The number of aryl methyl sites for hydroxylation is 1. The summed E-state index contributed by atoms with van der Waals surface area (Å²) in [5.74, 6) is 0.328. The fourth-order valence-corrected chi connectivity index (χ4v) is 3.86. The Morgan fingerprint density at radius 3 is 2.85 bits per heavy atom. The Kier molecular flexibility index (Phi) is 2.76. The molecule has 0 amide bonds. The molecular formula is C18H19NO. The Bertz CT molecular complexity index is 668. The lowest BCUT2D eigenvalue weighted by atomic mass is 9.87. The van der Waals surface area contributed by atoms with E-state index in [0.29, 0.717) is 11.8 Å². The van der Waals surface area contributed by atoms with E-state index in [4.69, 9.17) is 0 Å². The lowest BCUT2D eigenvalue weighted by molar-refractivity contribution is 0.0971. The van der Waals surface area contributed by atoms with E-state index >= 15 is 0 Å². The smallest absolute Gasteiger partial charge is 0.164 e. The van der Waals surface area contributed by atoms with Crippen molar-refractivity contribution in [1.82, 2.24) is 4.57 Å². The molecule has 2 nitrogen and oxygen atoms in total. The summed E-state index contributed by atoms with van der Waals surface area (Å²) in [4.78, 5) is 12.0. The summed E-state index contributed by atoms with van der Waals surface area (Å²) in [6, 6.07) is 11.2. The Labute approximate surface area is 119 Å². The van der Waals surface area contributed by atoms with Crippen molar-refractivity contribution in [3.8, 4) is 0 Å². The molecule has 1 atom stereocenters. The highest BCUT2D eigenvalue weighted by atomic mass is 16.1. The van der Waals surface area contributed by atoms with E-state index in [9.17, 15) is 4.79 Å². The van der Waals surface area contributed by atoms with Crippen LogP contribution < -0.4 is 0 Å². The molecule has 1 unspecified atom stereocenters. The zero-order valence-electron chi connectivity index (χ0n) is 11.6. The minimum atomic E-state index is 0.328. The van der Waals surface area contributed by atoms with Gasteiger partial charge in [0.25, 0.3) is 0 Å². The molecule has 2 aliphatic rings. The van der Waals surface area contributed by atoms with Gasteiger partial charge < -0.3 is 4.57 Å². The third-order valence-corrected chi connectivity index (χ3v) is 4.82. The van der Waals surface area contributed by atoms with Crippen molar-refractivity contribution in [2.75, 3.05) is 0 Å². The first-order chi connectivity index (χ1) is 9.84. The normalized spacial score (nSPS) is 21.4. The van der Waals surface area contributed by atoms with E-state index < -0.39 is 0 Å². The van der Waals surface area contributed by atoms with Gasteiger partial charge in [-0.1, -0.05) is 24.3 Å². The summed E-state index contributed by atoms with van der Waals surface area (Å²) < 4.78 is 2.38. The van der Waals surface area contributed by atoms with Crippen LogP contribution in [0.3, 0.4) is 0 Å². The van der Waals surface area contributed by atoms with Gasteiger partial charge in [-0.05, 0) is 49.3 Å². The molecular weight excluding hydrogens is 246 g/mol. The second-order valence-corrected chi connectivity index (χ2v) is 5.97. The number of fused-ring (bicyclic) bond motifs is 2. The SMILES string of the molecule is O=C1CCCc2c1ccn2C1CCCc2ccccc21. The third-order valence-electron chi connectivity index (χ3n) is 4.82. The summed E-state index contributed by atoms with van der Waals surface area (Å²) in [6.07, 6.45) is 8.53. The van der Waals surface area contributed by atoms with Crippen LogP contribution in [0.4, 0.5) is 0 Å². The van der Waals surface area contributed by atoms with Crippen LogP contribution in [0.15, 0.2) is 36.5 Å². The number of hydrogen-bond donors (Lipinski definition) is 0. The standard InChI is InChI=1S/C18H19NO/c20-18-10-4-9-17-15(18)11-12-19(17)16-8-3-6-13-5-1-2-7-14(13)16/h1-2,5,7,11-12,16H,3-4,6,8-10H2. The minimum Gasteiger partial charge on any atom is -0.343 e. The van der Waals surface area contributed by atoms with E-state index in [1.807, 2.05) is 6.07 Å². The number of carbonyl (C=O) groups is 1. The number of hydrogen-bond acceptors (Lipinski definition) is 1. The van der Waals surface area contributed by atoms with Gasteiger partial charge in [-0.25, -0.2) is 0 Å². The summed E-state index contributed by atoms with van der Waals surface area (Å²) in [5, 5.41) is 0. The molecule has 2 aromatic rings. The second kappa shape index (κ2) is 4.62. The number of rotatable bonds is 1. The molecule has 20 heavy (non-hydrogen) atoms. The third kappa shape index (κ3) is 1.75. The van der Waals surface area contributed by atoms with E-state index in [0.717, 1.165) is 24.8 Å². The molecule has 0 fully saturated rings. The first-order valence-electron chi connectivity index (χ1n) is 7.65.